The molecule has 1 N–H and O–H groups in total. The number of hydrogen-bond donors (Lipinski definition) is 1. The minimum atomic E-state index is -0.682. The van der Waals surface area contributed by atoms with Crippen LogP contribution < -0.4 is 4.74 Å². The summed E-state index contributed by atoms with van der Waals surface area (Å²) in [4.78, 5) is 13.9. The predicted molar refractivity (Wildman–Crippen MR) is 77.8 cm³/mol. The molecule has 0 atom stereocenters. The van der Waals surface area contributed by atoms with Gasteiger partial charge in [-0.3, -0.25) is 4.79 Å². The van der Waals surface area contributed by atoms with Gasteiger partial charge in [0, 0.05) is 13.6 Å². The molecule has 20 heavy (non-hydrogen) atoms. The average Bonchev–Trinajstić information content (AvgIpc) is 2.85. The fraction of sp³-hybridized carbons (Fsp3) is 0.562. The van der Waals surface area contributed by atoms with Gasteiger partial charge in [-0.25, -0.2) is 0 Å². The van der Waals surface area contributed by atoms with Crippen molar-refractivity contribution in [2.45, 2.75) is 37.7 Å². The number of aliphatic hydroxyl groups is 1. The molecule has 0 unspecified atom stereocenters. The number of carbonyl (C=O) groups is 1. The van der Waals surface area contributed by atoms with E-state index in [1.54, 1.807) is 19.1 Å². The predicted octanol–water partition coefficient (Wildman–Crippen LogP) is 2.00. The maximum absolute atomic E-state index is 12.2. The highest BCUT2D eigenvalue weighted by Gasteiger charge is 2.33. The molecule has 110 valence electrons. The summed E-state index contributed by atoms with van der Waals surface area (Å²) >= 11 is 0. The van der Waals surface area contributed by atoms with E-state index in [9.17, 15) is 9.90 Å². The van der Waals surface area contributed by atoms with E-state index in [0.717, 1.165) is 37.0 Å². The molecule has 1 aromatic rings. The summed E-state index contributed by atoms with van der Waals surface area (Å²) in [5, 5.41) is 10.3. The Morgan fingerprint density at radius 2 is 2.10 bits per heavy atom. The third-order valence-corrected chi connectivity index (χ3v) is 3.98. The van der Waals surface area contributed by atoms with Gasteiger partial charge in [-0.05, 0) is 30.5 Å². The number of hydrogen-bond acceptors (Lipinski definition) is 3. The Bertz CT molecular complexity index is 467. The lowest BCUT2D eigenvalue weighted by Gasteiger charge is -2.28. The molecule has 1 saturated carbocycles. The van der Waals surface area contributed by atoms with E-state index in [1.165, 1.54) is 0 Å². The summed E-state index contributed by atoms with van der Waals surface area (Å²) in [6, 6.07) is 7.53. The van der Waals surface area contributed by atoms with Crippen molar-refractivity contribution in [3.8, 4) is 5.75 Å². The van der Waals surface area contributed by atoms with E-state index in [0.29, 0.717) is 13.0 Å². The van der Waals surface area contributed by atoms with E-state index in [2.05, 4.69) is 0 Å². The number of rotatable bonds is 5. The standard InChI is InChI=1S/C16H23NO3/c1-17(12-16(19)8-3-4-9-16)15(18)11-13-6-5-7-14(10-13)20-2/h5-7,10,19H,3-4,8-9,11-12H2,1-2H3. The Morgan fingerprint density at radius 1 is 1.40 bits per heavy atom. The van der Waals surface area contributed by atoms with Crippen molar-refractivity contribution in [3.05, 3.63) is 29.8 Å². The molecule has 1 aliphatic carbocycles. The van der Waals surface area contributed by atoms with E-state index >= 15 is 0 Å². The van der Waals surface area contributed by atoms with E-state index in [1.807, 2.05) is 24.3 Å². The molecule has 0 aromatic heterocycles. The maximum Gasteiger partial charge on any atom is 0.226 e. The van der Waals surface area contributed by atoms with Crippen molar-refractivity contribution in [1.82, 2.24) is 4.90 Å². The average molecular weight is 277 g/mol. The minimum Gasteiger partial charge on any atom is -0.497 e. The Kier molecular flexibility index (Phi) is 4.65. The second-order valence-corrected chi connectivity index (χ2v) is 5.71. The fourth-order valence-electron chi connectivity index (χ4n) is 2.81. The highest BCUT2D eigenvalue weighted by Crippen LogP contribution is 2.30. The van der Waals surface area contributed by atoms with Crippen molar-refractivity contribution in [3.63, 3.8) is 0 Å². The van der Waals surface area contributed by atoms with Crippen LogP contribution >= 0.6 is 0 Å². The van der Waals surface area contributed by atoms with Crippen molar-refractivity contribution in [1.29, 1.82) is 0 Å². The van der Waals surface area contributed by atoms with Crippen molar-refractivity contribution >= 4 is 5.91 Å². The van der Waals surface area contributed by atoms with Gasteiger partial charge in [0.05, 0.1) is 19.1 Å². The van der Waals surface area contributed by atoms with Gasteiger partial charge >= 0.3 is 0 Å². The summed E-state index contributed by atoms with van der Waals surface area (Å²) in [5.41, 5.74) is 0.248. The number of carbonyl (C=O) groups excluding carboxylic acids is 1. The van der Waals surface area contributed by atoms with Gasteiger partial charge in [0.1, 0.15) is 5.75 Å². The first kappa shape index (κ1) is 14.9. The smallest absolute Gasteiger partial charge is 0.226 e. The molecule has 1 aliphatic rings. The lowest BCUT2D eigenvalue weighted by molar-refractivity contribution is -0.132. The third-order valence-electron chi connectivity index (χ3n) is 3.98. The molecule has 0 heterocycles. The summed E-state index contributed by atoms with van der Waals surface area (Å²) in [6.07, 6.45) is 4.03. The highest BCUT2D eigenvalue weighted by atomic mass is 16.5. The van der Waals surface area contributed by atoms with Gasteiger partial charge < -0.3 is 14.7 Å². The van der Waals surface area contributed by atoms with Crippen LogP contribution in [0.1, 0.15) is 31.2 Å². The summed E-state index contributed by atoms with van der Waals surface area (Å²) in [5.74, 6) is 0.783. The topological polar surface area (TPSA) is 49.8 Å². The molecule has 1 fully saturated rings. The number of ether oxygens (including phenoxy) is 1. The molecule has 0 radical (unpaired) electrons. The SMILES string of the molecule is COc1cccc(CC(=O)N(C)CC2(O)CCCC2)c1. The van der Waals surface area contributed by atoms with Crippen LogP contribution in [-0.4, -0.2) is 42.2 Å². The summed E-state index contributed by atoms with van der Waals surface area (Å²) in [6.45, 7) is 0.426. The van der Waals surface area contributed by atoms with Crippen LogP contribution in [0.15, 0.2) is 24.3 Å². The lowest BCUT2D eigenvalue weighted by atomic mass is 10.0. The van der Waals surface area contributed by atoms with Crippen molar-refractivity contribution in [2.75, 3.05) is 20.7 Å². The quantitative estimate of drug-likeness (QED) is 0.895. The second kappa shape index (κ2) is 6.27. The van der Waals surface area contributed by atoms with E-state index < -0.39 is 5.60 Å². The van der Waals surface area contributed by atoms with Gasteiger partial charge in [-0.15, -0.1) is 0 Å². The van der Waals surface area contributed by atoms with E-state index in [-0.39, 0.29) is 5.91 Å². The van der Waals surface area contributed by atoms with Gasteiger partial charge in [-0.1, -0.05) is 25.0 Å². The van der Waals surface area contributed by atoms with Gasteiger partial charge in [-0.2, -0.15) is 0 Å². The molecule has 0 spiro atoms. The zero-order valence-corrected chi connectivity index (χ0v) is 12.3. The van der Waals surface area contributed by atoms with Crippen LogP contribution in [-0.2, 0) is 11.2 Å². The van der Waals surface area contributed by atoms with Crippen LogP contribution in [0, 0.1) is 0 Å². The fourth-order valence-corrected chi connectivity index (χ4v) is 2.81. The van der Waals surface area contributed by atoms with Crippen molar-refractivity contribution < 1.29 is 14.6 Å². The van der Waals surface area contributed by atoms with Crippen molar-refractivity contribution in [2.24, 2.45) is 0 Å². The normalized spacial score (nSPS) is 16.9. The molecule has 0 bridgehead atoms. The van der Waals surface area contributed by atoms with Crippen LogP contribution in [0.2, 0.25) is 0 Å². The molecule has 1 amide bonds. The third kappa shape index (κ3) is 3.73. The van der Waals surface area contributed by atoms with Crippen LogP contribution in [0.4, 0.5) is 0 Å². The van der Waals surface area contributed by atoms with Crippen LogP contribution in [0.5, 0.6) is 5.75 Å². The molecule has 0 saturated heterocycles. The molecule has 0 aliphatic heterocycles. The summed E-state index contributed by atoms with van der Waals surface area (Å²) < 4.78 is 5.16. The number of likely N-dealkylation sites (N-methyl/N-ethyl adjacent to an activating group) is 1. The Morgan fingerprint density at radius 3 is 2.75 bits per heavy atom. The summed E-state index contributed by atoms with van der Waals surface area (Å²) in [7, 11) is 3.38. The monoisotopic (exact) mass is 277 g/mol. The zero-order valence-electron chi connectivity index (χ0n) is 12.3. The largest absolute Gasteiger partial charge is 0.497 e. The Balaban J connectivity index is 1.93. The molecular weight excluding hydrogens is 254 g/mol. The first-order chi connectivity index (χ1) is 9.52. The van der Waals surface area contributed by atoms with Gasteiger partial charge in [0.2, 0.25) is 5.91 Å². The highest BCUT2D eigenvalue weighted by molar-refractivity contribution is 5.78. The minimum absolute atomic E-state index is 0.0265. The van der Waals surface area contributed by atoms with Crippen LogP contribution in [0.3, 0.4) is 0 Å². The lowest BCUT2D eigenvalue weighted by Crippen LogP contribution is -2.42. The number of amides is 1. The maximum atomic E-state index is 12.2. The number of methoxy groups -OCH3 is 1. The second-order valence-electron chi connectivity index (χ2n) is 5.71. The molecule has 1 aromatic carbocycles. The van der Waals surface area contributed by atoms with Crippen LogP contribution in [0.25, 0.3) is 0 Å². The van der Waals surface area contributed by atoms with E-state index in [4.69, 9.17) is 4.74 Å². The zero-order chi connectivity index (χ0) is 14.6. The molecular formula is C16H23NO3. The number of nitrogens with zero attached hydrogens (tertiary/aromatic N) is 1. The molecule has 4 heteroatoms. The Labute approximate surface area is 120 Å². The van der Waals surface area contributed by atoms with Gasteiger partial charge in [0.25, 0.3) is 0 Å². The Hall–Kier alpha value is -1.55. The molecule has 2 rings (SSSR count). The first-order valence-electron chi connectivity index (χ1n) is 7.12. The van der Waals surface area contributed by atoms with Gasteiger partial charge in [0.15, 0.2) is 0 Å². The number of benzene rings is 1. The molecule has 4 nitrogen and oxygen atoms in total. The first-order valence-corrected chi connectivity index (χ1v) is 7.12.